The summed E-state index contributed by atoms with van der Waals surface area (Å²) < 4.78 is 17.5. The van der Waals surface area contributed by atoms with Gasteiger partial charge in [0, 0.05) is 12.6 Å². The minimum absolute atomic E-state index is 0.0177. The number of ether oxygens (including phenoxy) is 3. The molecular formula is C26H38N2O5. The summed E-state index contributed by atoms with van der Waals surface area (Å²) in [5.41, 5.74) is 1.20. The predicted octanol–water partition coefficient (Wildman–Crippen LogP) is 2.97. The third kappa shape index (κ3) is 6.78. The van der Waals surface area contributed by atoms with Gasteiger partial charge in [-0.15, -0.1) is 0 Å². The van der Waals surface area contributed by atoms with Crippen LogP contribution in [-0.2, 0) is 19.1 Å². The first kappa shape index (κ1) is 24.2. The van der Waals surface area contributed by atoms with E-state index >= 15 is 0 Å². The molecule has 2 N–H and O–H groups in total. The molecule has 0 unspecified atom stereocenters. The Labute approximate surface area is 196 Å². The van der Waals surface area contributed by atoms with Gasteiger partial charge in [0.25, 0.3) is 0 Å². The molecular weight excluding hydrogens is 420 g/mol. The summed E-state index contributed by atoms with van der Waals surface area (Å²) in [4.78, 5) is 23.4. The van der Waals surface area contributed by atoms with E-state index in [1.807, 2.05) is 18.2 Å². The van der Waals surface area contributed by atoms with Crippen LogP contribution in [0.5, 0.6) is 5.75 Å². The van der Waals surface area contributed by atoms with Gasteiger partial charge in [-0.25, -0.2) is 0 Å². The average molecular weight is 459 g/mol. The maximum atomic E-state index is 12.7. The van der Waals surface area contributed by atoms with E-state index in [1.54, 1.807) is 0 Å². The van der Waals surface area contributed by atoms with Crippen LogP contribution in [-0.4, -0.2) is 63.4 Å². The summed E-state index contributed by atoms with van der Waals surface area (Å²) in [6.07, 6.45) is 9.09. The Morgan fingerprint density at radius 1 is 1.12 bits per heavy atom. The minimum Gasteiger partial charge on any atom is -0.486 e. The molecule has 2 heterocycles. The second kappa shape index (κ2) is 12.5. The van der Waals surface area contributed by atoms with Crippen molar-refractivity contribution in [2.24, 2.45) is 5.92 Å². The van der Waals surface area contributed by atoms with Crippen molar-refractivity contribution in [1.82, 2.24) is 10.6 Å². The first-order valence-electron chi connectivity index (χ1n) is 12.6. The molecule has 33 heavy (non-hydrogen) atoms. The molecule has 0 radical (unpaired) electrons. The monoisotopic (exact) mass is 458 g/mol. The number of piperidine rings is 1. The number of carbonyl (C=O) groups excluding carboxylic acids is 2. The van der Waals surface area contributed by atoms with Crippen LogP contribution in [0.4, 0.5) is 0 Å². The minimum atomic E-state index is -0.0177. The van der Waals surface area contributed by atoms with Crippen molar-refractivity contribution in [1.29, 1.82) is 0 Å². The Bertz CT molecular complexity index is 759. The summed E-state index contributed by atoms with van der Waals surface area (Å²) >= 11 is 0. The number of rotatable bonds is 9. The summed E-state index contributed by atoms with van der Waals surface area (Å²) in [5.74, 6) is 1.37. The Kier molecular flexibility index (Phi) is 9.15. The van der Waals surface area contributed by atoms with E-state index in [4.69, 9.17) is 14.2 Å². The van der Waals surface area contributed by atoms with E-state index in [-0.39, 0.29) is 36.6 Å². The van der Waals surface area contributed by atoms with Crippen molar-refractivity contribution in [3.63, 3.8) is 0 Å². The Morgan fingerprint density at radius 2 is 1.97 bits per heavy atom. The highest BCUT2D eigenvalue weighted by molar-refractivity contribution is 5.79. The van der Waals surface area contributed by atoms with Gasteiger partial charge in [0.05, 0.1) is 31.3 Å². The van der Waals surface area contributed by atoms with E-state index in [0.717, 1.165) is 76.6 Å². The van der Waals surface area contributed by atoms with E-state index in [9.17, 15) is 9.59 Å². The third-order valence-electron chi connectivity index (χ3n) is 7.29. The van der Waals surface area contributed by atoms with E-state index in [1.165, 1.54) is 5.56 Å². The van der Waals surface area contributed by atoms with Crippen molar-refractivity contribution >= 4 is 12.2 Å². The van der Waals surface area contributed by atoms with Crippen LogP contribution in [0.1, 0.15) is 62.8 Å². The molecule has 4 rings (SSSR count). The molecule has 1 aromatic carbocycles. The molecule has 0 spiro atoms. The normalized spacial score (nSPS) is 30.4. The second-order valence-corrected chi connectivity index (χ2v) is 9.55. The van der Waals surface area contributed by atoms with Crippen LogP contribution in [0.3, 0.4) is 0 Å². The van der Waals surface area contributed by atoms with Gasteiger partial charge < -0.3 is 24.8 Å². The molecule has 1 aromatic rings. The average Bonchev–Trinajstić information content (AvgIpc) is 2.88. The smallest absolute Gasteiger partial charge is 0.225 e. The number of carbonyl (C=O) groups is 2. The van der Waals surface area contributed by atoms with Crippen molar-refractivity contribution < 1.29 is 23.8 Å². The van der Waals surface area contributed by atoms with Crippen LogP contribution >= 0.6 is 0 Å². The highest BCUT2D eigenvalue weighted by atomic mass is 16.5. The molecule has 0 aromatic heterocycles. The molecule has 3 aliphatic rings. The number of benzene rings is 1. The van der Waals surface area contributed by atoms with Crippen LogP contribution in [0.25, 0.3) is 0 Å². The van der Waals surface area contributed by atoms with Crippen molar-refractivity contribution in [3.8, 4) is 5.75 Å². The van der Waals surface area contributed by atoms with Gasteiger partial charge in [-0.1, -0.05) is 18.2 Å². The van der Waals surface area contributed by atoms with Gasteiger partial charge in [0.2, 0.25) is 5.91 Å². The van der Waals surface area contributed by atoms with Crippen LogP contribution in [0.2, 0.25) is 0 Å². The molecule has 2 saturated heterocycles. The standard InChI is InChI=1S/C26H38N2O5/c29-14-16-32-25-8-2-1-6-22(25)19-9-11-21(12-10-19)33-18-24-23(7-3-13-27-24)28-26(30)20-5-4-15-31-17-20/h1-2,6,8,14,19-21,23-24,27H,3-5,7,9-13,15-18H2,(H,28,30)/t19?,20-,21?,23-,24-/m0/s1. The predicted molar refractivity (Wildman–Crippen MR) is 125 cm³/mol. The summed E-state index contributed by atoms with van der Waals surface area (Å²) in [7, 11) is 0. The molecule has 1 aliphatic carbocycles. The number of para-hydroxylation sites is 1. The fourth-order valence-electron chi connectivity index (χ4n) is 5.40. The molecule has 3 fully saturated rings. The topological polar surface area (TPSA) is 85.9 Å². The van der Waals surface area contributed by atoms with Gasteiger partial charge in [0.1, 0.15) is 12.4 Å². The molecule has 182 valence electrons. The highest BCUT2D eigenvalue weighted by Crippen LogP contribution is 2.38. The number of amides is 1. The molecule has 3 atom stereocenters. The zero-order chi connectivity index (χ0) is 22.9. The van der Waals surface area contributed by atoms with Crippen molar-refractivity contribution in [3.05, 3.63) is 29.8 Å². The van der Waals surface area contributed by atoms with Gasteiger partial charge in [0.15, 0.2) is 6.29 Å². The van der Waals surface area contributed by atoms with Gasteiger partial charge in [-0.05, 0) is 75.5 Å². The Morgan fingerprint density at radius 3 is 2.76 bits per heavy atom. The number of nitrogens with one attached hydrogen (secondary N) is 2. The van der Waals surface area contributed by atoms with E-state index in [0.29, 0.717) is 19.1 Å². The SMILES string of the molecule is O=CCOc1ccccc1C1CCC(OC[C@@H]2NCCC[C@@H]2NC(=O)[C@H]2CCCOC2)CC1. The summed E-state index contributed by atoms with van der Waals surface area (Å²) in [6.45, 7) is 3.00. The van der Waals surface area contributed by atoms with Crippen molar-refractivity contribution in [2.45, 2.75) is 75.5 Å². The number of hydrogen-bond donors (Lipinski definition) is 2. The van der Waals surface area contributed by atoms with Gasteiger partial charge in [-0.3, -0.25) is 9.59 Å². The molecule has 1 saturated carbocycles. The zero-order valence-corrected chi connectivity index (χ0v) is 19.5. The zero-order valence-electron chi connectivity index (χ0n) is 19.5. The number of hydrogen-bond acceptors (Lipinski definition) is 6. The highest BCUT2D eigenvalue weighted by Gasteiger charge is 2.31. The van der Waals surface area contributed by atoms with E-state index < -0.39 is 0 Å². The molecule has 7 nitrogen and oxygen atoms in total. The van der Waals surface area contributed by atoms with Crippen molar-refractivity contribution in [2.75, 3.05) is 33.0 Å². The molecule has 7 heteroatoms. The lowest BCUT2D eigenvalue weighted by Gasteiger charge is -2.36. The van der Waals surface area contributed by atoms with E-state index in [2.05, 4.69) is 16.7 Å². The fourth-order valence-corrected chi connectivity index (χ4v) is 5.40. The first-order chi connectivity index (χ1) is 16.2. The quantitative estimate of drug-likeness (QED) is 0.554. The van der Waals surface area contributed by atoms with Crippen LogP contribution in [0, 0.1) is 5.92 Å². The molecule has 0 bridgehead atoms. The second-order valence-electron chi connectivity index (χ2n) is 9.55. The lowest BCUT2D eigenvalue weighted by Crippen LogP contribution is -2.57. The van der Waals surface area contributed by atoms with Crippen LogP contribution < -0.4 is 15.4 Å². The lowest BCUT2D eigenvalue weighted by molar-refractivity contribution is -0.130. The summed E-state index contributed by atoms with van der Waals surface area (Å²) in [5, 5.41) is 6.84. The molecule has 2 aliphatic heterocycles. The lowest BCUT2D eigenvalue weighted by atomic mass is 9.82. The maximum Gasteiger partial charge on any atom is 0.225 e. The van der Waals surface area contributed by atoms with Gasteiger partial charge in [-0.2, -0.15) is 0 Å². The fraction of sp³-hybridized carbons (Fsp3) is 0.692. The van der Waals surface area contributed by atoms with Crippen LogP contribution in [0.15, 0.2) is 24.3 Å². The largest absolute Gasteiger partial charge is 0.486 e. The number of aldehydes is 1. The Balaban J connectivity index is 1.24. The third-order valence-corrected chi connectivity index (χ3v) is 7.29. The van der Waals surface area contributed by atoms with Gasteiger partial charge >= 0.3 is 0 Å². The Hall–Kier alpha value is -1.96. The summed E-state index contributed by atoms with van der Waals surface area (Å²) in [6, 6.07) is 8.32. The first-order valence-corrected chi connectivity index (χ1v) is 12.6. The maximum absolute atomic E-state index is 12.7. The molecule has 1 amide bonds.